The van der Waals surface area contributed by atoms with E-state index in [9.17, 15) is 4.39 Å². The van der Waals surface area contributed by atoms with Gasteiger partial charge in [0.25, 0.3) is 0 Å². The summed E-state index contributed by atoms with van der Waals surface area (Å²) in [6, 6.07) is 10.00. The molecule has 1 aromatic carbocycles. The average Bonchev–Trinajstić information content (AvgIpc) is 2.88. The van der Waals surface area contributed by atoms with Gasteiger partial charge in [0.15, 0.2) is 0 Å². The Labute approximate surface area is 121 Å². The Bertz CT molecular complexity index is 754. The number of benzene rings is 1. The van der Waals surface area contributed by atoms with Gasteiger partial charge < -0.3 is 5.32 Å². The normalized spacial score (nSPS) is 12.8. The lowest BCUT2D eigenvalue weighted by Gasteiger charge is -2.17. The molecule has 1 unspecified atom stereocenters. The van der Waals surface area contributed by atoms with Crippen molar-refractivity contribution in [1.82, 2.24) is 14.9 Å². The summed E-state index contributed by atoms with van der Waals surface area (Å²) >= 11 is 6.20. The first-order chi connectivity index (χ1) is 9.70. The van der Waals surface area contributed by atoms with Crippen LogP contribution in [0, 0.1) is 5.82 Å². The van der Waals surface area contributed by atoms with Crippen molar-refractivity contribution >= 4 is 17.1 Å². The van der Waals surface area contributed by atoms with Crippen LogP contribution in [0.1, 0.15) is 17.2 Å². The standard InChI is InChI=1S/C15H13ClFN3/c1-18-15(11-8-10(17)5-6-13(11)16)12-9-19-20-7-3-2-4-14(12)20/h2-9,15,18H,1H3. The summed E-state index contributed by atoms with van der Waals surface area (Å²) in [5.41, 5.74) is 2.63. The van der Waals surface area contributed by atoms with E-state index in [4.69, 9.17) is 11.6 Å². The highest BCUT2D eigenvalue weighted by atomic mass is 35.5. The molecular weight excluding hydrogens is 277 g/mol. The molecule has 3 rings (SSSR count). The van der Waals surface area contributed by atoms with Gasteiger partial charge in [-0.15, -0.1) is 0 Å². The van der Waals surface area contributed by atoms with Crippen molar-refractivity contribution in [2.24, 2.45) is 0 Å². The van der Waals surface area contributed by atoms with Gasteiger partial charge in [0.05, 0.1) is 17.8 Å². The molecule has 3 nitrogen and oxygen atoms in total. The molecule has 0 spiro atoms. The number of pyridine rings is 1. The highest BCUT2D eigenvalue weighted by molar-refractivity contribution is 6.31. The van der Waals surface area contributed by atoms with Gasteiger partial charge in [-0.1, -0.05) is 17.7 Å². The van der Waals surface area contributed by atoms with Crippen molar-refractivity contribution in [2.75, 3.05) is 7.05 Å². The van der Waals surface area contributed by atoms with Gasteiger partial charge in [0.2, 0.25) is 0 Å². The van der Waals surface area contributed by atoms with Crippen LogP contribution in [0.2, 0.25) is 5.02 Å². The van der Waals surface area contributed by atoms with Crippen LogP contribution in [-0.4, -0.2) is 16.7 Å². The fourth-order valence-corrected chi connectivity index (χ4v) is 2.62. The molecule has 0 radical (unpaired) electrons. The molecule has 0 saturated carbocycles. The Morgan fingerprint density at radius 2 is 2.10 bits per heavy atom. The van der Waals surface area contributed by atoms with Gasteiger partial charge in [-0.05, 0) is 42.9 Å². The van der Waals surface area contributed by atoms with Crippen LogP contribution in [0.15, 0.2) is 48.8 Å². The molecule has 0 fully saturated rings. The number of nitrogens with zero attached hydrogens (tertiary/aromatic N) is 2. The first-order valence-corrected chi connectivity index (χ1v) is 6.63. The SMILES string of the molecule is CNC(c1cc(F)ccc1Cl)c1cnn2ccccc12. The second-order valence-electron chi connectivity index (χ2n) is 4.52. The van der Waals surface area contributed by atoms with Crippen molar-refractivity contribution < 1.29 is 4.39 Å². The van der Waals surface area contributed by atoms with Gasteiger partial charge in [-0.3, -0.25) is 0 Å². The Morgan fingerprint density at radius 3 is 2.90 bits per heavy atom. The van der Waals surface area contributed by atoms with E-state index in [0.717, 1.165) is 11.1 Å². The fraction of sp³-hybridized carbons (Fsp3) is 0.133. The summed E-state index contributed by atoms with van der Waals surface area (Å²) in [6.45, 7) is 0. The number of hydrogen-bond acceptors (Lipinski definition) is 2. The molecular formula is C15H13ClFN3. The number of fused-ring (bicyclic) bond motifs is 1. The maximum Gasteiger partial charge on any atom is 0.123 e. The second kappa shape index (κ2) is 5.23. The highest BCUT2D eigenvalue weighted by Crippen LogP contribution is 2.30. The molecule has 1 atom stereocenters. The third kappa shape index (κ3) is 2.17. The maximum absolute atomic E-state index is 13.5. The van der Waals surface area contributed by atoms with Crippen LogP contribution in [0.5, 0.6) is 0 Å². The molecule has 20 heavy (non-hydrogen) atoms. The smallest absolute Gasteiger partial charge is 0.123 e. The van der Waals surface area contributed by atoms with Gasteiger partial charge in [-0.2, -0.15) is 5.10 Å². The largest absolute Gasteiger partial charge is 0.309 e. The summed E-state index contributed by atoms with van der Waals surface area (Å²) in [5, 5.41) is 8.01. The summed E-state index contributed by atoms with van der Waals surface area (Å²) < 4.78 is 15.3. The predicted molar refractivity (Wildman–Crippen MR) is 77.5 cm³/mol. The summed E-state index contributed by atoms with van der Waals surface area (Å²) in [4.78, 5) is 0. The van der Waals surface area contributed by atoms with Crippen molar-refractivity contribution in [2.45, 2.75) is 6.04 Å². The zero-order valence-electron chi connectivity index (χ0n) is 10.8. The lowest BCUT2D eigenvalue weighted by Crippen LogP contribution is -2.18. The molecule has 0 saturated heterocycles. The van der Waals surface area contributed by atoms with Crippen molar-refractivity contribution in [3.05, 3.63) is 70.8 Å². The van der Waals surface area contributed by atoms with E-state index < -0.39 is 0 Å². The van der Waals surface area contributed by atoms with Crippen molar-refractivity contribution in [1.29, 1.82) is 0 Å². The summed E-state index contributed by atoms with van der Waals surface area (Å²) in [7, 11) is 1.82. The molecule has 2 heterocycles. The van der Waals surface area contributed by atoms with E-state index in [1.807, 2.05) is 31.4 Å². The van der Waals surface area contributed by atoms with E-state index in [2.05, 4.69) is 10.4 Å². The molecule has 0 aliphatic carbocycles. The molecule has 3 aromatic rings. The summed E-state index contributed by atoms with van der Waals surface area (Å²) in [6.07, 6.45) is 3.65. The third-order valence-corrected chi connectivity index (χ3v) is 3.67. The second-order valence-corrected chi connectivity index (χ2v) is 4.93. The number of hydrogen-bond donors (Lipinski definition) is 1. The van der Waals surface area contributed by atoms with E-state index in [1.165, 1.54) is 12.1 Å². The van der Waals surface area contributed by atoms with Crippen molar-refractivity contribution in [3.8, 4) is 0 Å². The van der Waals surface area contributed by atoms with Crippen LogP contribution >= 0.6 is 11.6 Å². The van der Waals surface area contributed by atoms with Crippen LogP contribution in [0.25, 0.3) is 5.52 Å². The van der Waals surface area contributed by atoms with Crippen LogP contribution < -0.4 is 5.32 Å². The number of aromatic nitrogens is 2. The predicted octanol–water partition coefficient (Wildman–Crippen LogP) is 3.44. The lowest BCUT2D eigenvalue weighted by molar-refractivity contribution is 0.617. The minimum atomic E-state index is -0.305. The van der Waals surface area contributed by atoms with E-state index in [0.29, 0.717) is 10.6 Å². The monoisotopic (exact) mass is 289 g/mol. The quantitative estimate of drug-likeness (QED) is 0.800. The van der Waals surface area contributed by atoms with Crippen LogP contribution in [0.3, 0.4) is 0 Å². The minimum absolute atomic E-state index is 0.210. The number of nitrogens with one attached hydrogen (secondary N) is 1. The Kier molecular flexibility index (Phi) is 3.42. The van der Waals surface area contributed by atoms with Crippen LogP contribution in [-0.2, 0) is 0 Å². The van der Waals surface area contributed by atoms with Crippen LogP contribution in [0.4, 0.5) is 4.39 Å². The van der Waals surface area contributed by atoms with Crippen molar-refractivity contribution in [3.63, 3.8) is 0 Å². The zero-order chi connectivity index (χ0) is 14.1. The Hall–Kier alpha value is -1.91. The minimum Gasteiger partial charge on any atom is -0.309 e. The Balaban J connectivity index is 2.16. The molecule has 0 aliphatic rings. The highest BCUT2D eigenvalue weighted by Gasteiger charge is 2.19. The van der Waals surface area contributed by atoms with E-state index in [-0.39, 0.29) is 11.9 Å². The average molecular weight is 290 g/mol. The van der Waals surface area contributed by atoms with Gasteiger partial charge in [0.1, 0.15) is 5.82 Å². The molecule has 0 aliphatic heterocycles. The summed E-state index contributed by atoms with van der Waals surface area (Å²) in [5.74, 6) is -0.305. The molecule has 0 bridgehead atoms. The maximum atomic E-state index is 13.5. The van der Waals surface area contributed by atoms with E-state index in [1.54, 1.807) is 16.8 Å². The molecule has 0 amide bonds. The Morgan fingerprint density at radius 1 is 1.25 bits per heavy atom. The zero-order valence-corrected chi connectivity index (χ0v) is 11.6. The van der Waals surface area contributed by atoms with Gasteiger partial charge in [-0.25, -0.2) is 8.91 Å². The molecule has 2 aromatic heterocycles. The molecule has 102 valence electrons. The first kappa shape index (κ1) is 13.1. The van der Waals surface area contributed by atoms with Gasteiger partial charge >= 0.3 is 0 Å². The molecule has 5 heteroatoms. The lowest BCUT2D eigenvalue weighted by atomic mass is 10.00. The first-order valence-electron chi connectivity index (χ1n) is 6.25. The number of halogens is 2. The number of rotatable bonds is 3. The molecule has 1 N–H and O–H groups in total. The third-order valence-electron chi connectivity index (χ3n) is 3.33. The topological polar surface area (TPSA) is 29.3 Å². The fourth-order valence-electron chi connectivity index (χ4n) is 2.39. The van der Waals surface area contributed by atoms with E-state index >= 15 is 0 Å². The van der Waals surface area contributed by atoms with Gasteiger partial charge in [0, 0.05) is 16.8 Å².